The number of carboxylic acid groups (broad SMARTS) is 1. The van der Waals surface area contributed by atoms with E-state index in [4.69, 9.17) is 0 Å². The topological polar surface area (TPSA) is 57.6 Å². The lowest BCUT2D eigenvalue weighted by atomic mass is 9.76. The molecule has 1 unspecified atom stereocenters. The van der Waals surface area contributed by atoms with Gasteiger partial charge in [0.2, 0.25) is 0 Å². The Hall–Kier alpha value is -1.36. The van der Waals surface area contributed by atoms with Crippen LogP contribution in [0.3, 0.4) is 0 Å². The maximum Gasteiger partial charge on any atom is 0.311 e. The number of amides is 1. The second kappa shape index (κ2) is 5.79. The lowest BCUT2D eigenvalue weighted by molar-refractivity contribution is -0.150. The molecule has 0 radical (unpaired) electrons. The first-order valence-electron chi connectivity index (χ1n) is 7.43. The van der Waals surface area contributed by atoms with E-state index in [2.05, 4.69) is 6.92 Å². The van der Waals surface area contributed by atoms with Crippen LogP contribution in [0.4, 0.5) is 0 Å². The summed E-state index contributed by atoms with van der Waals surface area (Å²) in [7, 11) is 0. The van der Waals surface area contributed by atoms with E-state index >= 15 is 0 Å². The van der Waals surface area contributed by atoms with Gasteiger partial charge in [-0.05, 0) is 37.3 Å². The van der Waals surface area contributed by atoms with Gasteiger partial charge in [0.1, 0.15) is 0 Å². The van der Waals surface area contributed by atoms with Crippen LogP contribution in [0.1, 0.15) is 47.3 Å². The van der Waals surface area contributed by atoms with Crippen LogP contribution >= 0.6 is 11.3 Å². The minimum atomic E-state index is -0.796. The van der Waals surface area contributed by atoms with Gasteiger partial charge in [-0.2, -0.15) is 0 Å². The smallest absolute Gasteiger partial charge is 0.311 e. The molecule has 1 N–H and O–H groups in total. The molecule has 0 aliphatic carbocycles. The second-order valence-corrected chi connectivity index (χ2v) is 7.30. The number of aliphatic carboxylic acids is 1. The second-order valence-electron chi connectivity index (χ2n) is 6.16. The zero-order valence-electron chi connectivity index (χ0n) is 13.1. The van der Waals surface area contributed by atoms with E-state index < -0.39 is 11.4 Å². The zero-order valence-corrected chi connectivity index (χ0v) is 13.9. The molecule has 5 heteroatoms. The number of hydrogen-bond acceptors (Lipinski definition) is 3. The number of carboxylic acids is 1. The van der Waals surface area contributed by atoms with Crippen LogP contribution in [0.2, 0.25) is 0 Å². The Morgan fingerprint density at radius 2 is 2.14 bits per heavy atom. The SMILES string of the molecule is CCc1sc(C(=O)N2CCC(C(=O)O)(C(C)C)C2)cc1C. The van der Waals surface area contributed by atoms with E-state index in [1.165, 1.54) is 16.2 Å². The van der Waals surface area contributed by atoms with Gasteiger partial charge in [0.05, 0.1) is 10.3 Å². The molecule has 1 aliphatic rings. The maximum atomic E-state index is 12.6. The Labute approximate surface area is 129 Å². The van der Waals surface area contributed by atoms with E-state index in [0.29, 0.717) is 19.5 Å². The number of rotatable bonds is 4. The van der Waals surface area contributed by atoms with Crippen molar-refractivity contribution in [3.63, 3.8) is 0 Å². The van der Waals surface area contributed by atoms with E-state index in [1.807, 2.05) is 26.8 Å². The van der Waals surface area contributed by atoms with E-state index in [-0.39, 0.29) is 11.8 Å². The predicted molar refractivity (Wildman–Crippen MR) is 83.9 cm³/mol. The average Bonchev–Trinajstić information content (AvgIpc) is 3.02. The lowest BCUT2D eigenvalue weighted by Crippen LogP contribution is -2.40. The van der Waals surface area contributed by atoms with Crippen molar-refractivity contribution in [2.45, 2.75) is 40.5 Å². The molecular weight excluding hydrogens is 286 g/mol. The number of aryl methyl sites for hydroxylation is 2. The Bertz CT molecular complexity index is 564. The molecule has 1 saturated heterocycles. The molecular formula is C16H23NO3S. The molecule has 2 rings (SSSR count). The van der Waals surface area contributed by atoms with Gasteiger partial charge in [-0.25, -0.2) is 0 Å². The highest BCUT2D eigenvalue weighted by molar-refractivity contribution is 7.14. The highest BCUT2D eigenvalue weighted by Gasteiger charge is 2.48. The van der Waals surface area contributed by atoms with Gasteiger partial charge in [0, 0.05) is 18.0 Å². The largest absolute Gasteiger partial charge is 0.481 e. The van der Waals surface area contributed by atoms with Gasteiger partial charge >= 0.3 is 5.97 Å². The summed E-state index contributed by atoms with van der Waals surface area (Å²) in [6.07, 6.45) is 1.46. The third kappa shape index (κ3) is 2.71. The van der Waals surface area contributed by atoms with Crippen molar-refractivity contribution >= 4 is 23.2 Å². The highest BCUT2D eigenvalue weighted by Crippen LogP contribution is 2.39. The summed E-state index contributed by atoms with van der Waals surface area (Å²) in [5, 5.41) is 9.56. The first kappa shape index (κ1) is 16.0. The fraction of sp³-hybridized carbons (Fsp3) is 0.625. The van der Waals surface area contributed by atoms with Gasteiger partial charge in [0.15, 0.2) is 0 Å². The van der Waals surface area contributed by atoms with Crippen LogP contribution in [0.15, 0.2) is 6.07 Å². The monoisotopic (exact) mass is 309 g/mol. The summed E-state index contributed by atoms with van der Waals surface area (Å²) in [4.78, 5) is 27.9. The van der Waals surface area contributed by atoms with Crippen LogP contribution in [-0.2, 0) is 11.2 Å². The van der Waals surface area contributed by atoms with Crippen molar-refractivity contribution in [1.29, 1.82) is 0 Å². The van der Waals surface area contributed by atoms with E-state index in [0.717, 1.165) is 16.9 Å². The summed E-state index contributed by atoms with van der Waals surface area (Å²) in [5.41, 5.74) is 0.355. The molecule has 0 spiro atoms. The van der Waals surface area contributed by atoms with E-state index in [9.17, 15) is 14.7 Å². The third-order valence-electron chi connectivity index (χ3n) is 4.67. The number of nitrogens with zero attached hydrogens (tertiary/aromatic N) is 1. The van der Waals surface area contributed by atoms with Crippen molar-refractivity contribution in [2.75, 3.05) is 13.1 Å². The molecule has 0 saturated carbocycles. The molecule has 116 valence electrons. The number of thiophene rings is 1. The Morgan fingerprint density at radius 1 is 1.48 bits per heavy atom. The van der Waals surface area contributed by atoms with Crippen molar-refractivity contribution in [1.82, 2.24) is 4.90 Å². The third-order valence-corrected chi connectivity index (χ3v) is 6.04. The number of carbonyl (C=O) groups excluding carboxylic acids is 1. The molecule has 2 heterocycles. The standard InChI is InChI=1S/C16H23NO3S/c1-5-12-11(4)8-13(21-12)14(18)17-7-6-16(9-17,10(2)3)15(19)20/h8,10H,5-7,9H2,1-4H3,(H,19,20). The Morgan fingerprint density at radius 3 is 2.57 bits per heavy atom. The van der Waals surface area contributed by atoms with Gasteiger partial charge in [-0.1, -0.05) is 20.8 Å². The first-order chi connectivity index (χ1) is 9.81. The Balaban J connectivity index is 2.20. The fourth-order valence-electron chi connectivity index (χ4n) is 3.03. The van der Waals surface area contributed by atoms with Crippen molar-refractivity contribution < 1.29 is 14.7 Å². The van der Waals surface area contributed by atoms with Crippen molar-refractivity contribution in [3.8, 4) is 0 Å². The van der Waals surface area contributed by atoms with Gasteiger partial charge < -0.3 is 10.0 Å². The molecule has 1 amide bonds. The maximum absolute atomic E-state index is 12.6. The minimum absolute atomic E-state index is 0.0177. The quantitative estimate of drug-likeness (QED) is 0.929. The number of likely N-dealkylation sites (tertiary alicyclic amines) is 1. The molecule has 21 heavy (non-hydrogen) atoms. The van der Waals surface area contributed by atoms with Gasteiger partial charge in [0.25, 0.3) is 5.91 Å². The Kier molecular flexibility index (Phi) is 4.42. The zero-order chi connectivity index (χ0) is 15.8. The van der Waals surface area contributed by atoms with Crippen LogP contribution in [0, 0.1) is 18.3 Å². The average molecular weight is 309 g/mol. The van der Waals surface area contributed by atoms with Gasteiger partial charge in [-0.3, -0.25) is 9.59 Å². The summed E-state index contributed by atoms with van der Waals surface area (Å²) in [6, 6.07) is 1.93. The summed E-state index contributed by atoms with van der Waals surface area (Å²) in [6.45, 7) is 8.79. The molecule has 0 bridgehead atoms. The number of carbonyl (C=O) groups is 2. The highest BCUT2D eigenvalue weighted by atomic mass is 32.1. The van der Waals surface area contributed by atoms with Crippen LogP contribution in [-0.4, -0.2) is 35.0 Å². The molecule has 1 aliphatic heterocycles. The number of hydrogen-bond donors (Lipinski definition) is 1. The minimum Gasteiger partial charge on any atom is -0.481 e. The molecule has 1 atom stereocenters. The van der Waals surface area contributed by atoms with Crippen LogP contribution in [0.5, 0.6) is 0 Å². The predicted octanol–water partition coefficient (Wildman–Crippen LogP) is 3.19. The van der Waals surface area contributed by atoms with Crippen LogP contribution < -0.4 is 0 Å². The van der Waals surface area contributed by atoms with Crippen LogP contribution in [0.25, 0.3) is 0 Å². The van der Waals surface area contributed by atoms with Gasteiger partial charge in [-0.15, -0.1) is 11.3 Å². The summed E-state index contributed by atoms with van der Waals surface area (Å²) < 4.78 is 0. The summed E-state index contributed by atoms with van der Waals surface area (Å²) in [5.74, 6) is -0.792. The fourth-order valence-corrected chi connectivity index (χ4v) is 4.11. The summed E-state index contributed by atoms with van der Waals surface area (Å²) >= 11 is 1.53. The lowest BCUT2D eigenvalue weighted by Gasteiger charge is -2.28. The van der Waals surface area contributed by atoms with E-state index in [1.54, 1.807) is 4.90 Å². The first-order valence-corrected chi connectivity index (χ1v) is 8.25. The van der Waals surface area contributed by atoms with Crippen molar-refractivity contribution in [3.05, 3.63) is 21.4 Å². The van der Waals surface area contributed by atoms with Crippen molar-refractivity contribution in [2.24, 2.45) is 11.3 Å². The molecule has 4 nitrogen and oxygen atoms in total. The normalized spacial score (nSPS) is 22.0. The molecule has 1 fully saturated rings. The molecule has 1 aromatic rings. The molecule has 0 aromatic carbocycles. The molecule has 1 aromatic heterocycles.